The largest absolute Gasteiger partial charge is 0.330 e. The van der Waals surface area contributed by atoms with Crippen LogP contribution in [0.1, 0.15) is 30.4 Å². The fraction of sp³-hybridized carbons (Fsp3) is 0.615. The van der Waals surface area contributed by atoms with Crippen LogP contribution in [0.25, 0.3) is 0 Å². The van der Waals surface area contributed by atoms with Crippen LogP contribution in [0, 0.1) is 12.8 Å². The van der Waals surface area contributed by atoms with Gasteiger partial charge in [0.1, 0.15) is 0 Å². The summed E-state index contributed by atoms with van der Waals surface area (Å²) < 4.78 is 0. The van der Waals surface area contributed by atoms with Gasteiger partial charge in [0.25, 0.3) is 0 Å². The lowest BCUT2D eigenvalue weighted by molar-refractivity contribution is 0.406. The lowest BCUT2D eigenvalue weighted by atomic mass is 10.0. The van der Waals surface area contributed by atoms with Crippen molar-refractivity contribution in [1.29, 1.82) is 0 Å². The van der Waals surface area contributed by atoms with Gasteiger partial charge < -0.3 is 11.1 Å². The third-order valence-corrected chi connectivity index (χ3v) is 3.65. The number of aromatic nitrogens is 1. The van der Waals surface area contributed by atoms with E-state index >= 15 is 0 Å². The number of rotatable bonds is 4. The lowest BCUT2D eigenvalue weighted by Crippen LogP contribution is -2.35. The second-order valence-electron chi connectivity index (χ2n) is 4.72. The fourth-order valence-electron chi connectivity index (χ4n) is 2.53. The molecular formula is C13H21N3. The zero-order valence-electron chi connectivity index (χ0n) is 9.95. The van der Waals surface area contributed by atoms with Crippen molar-refractivity contribution in [3.8, 4) is 0 Å². The molecule has 0 amide bonds. The molecule has 2 unspecified atom stereocenters. The monoisotopic (exact) mass is 219 g/mol. The van der Waals surface area contributed by atoms with Gasteiger partial charge in [0.05, 0.1) is 0 Å². The summed E-state index contributed by atoms with van der Waals surface area (Å²) in [5.41, 5.74) is 8.38. The molecule has 3 N–H and O–H groups in total. The summed E-state index contributed by atoms with van der Waals surface area (Å²) in [5, 5.41) is 3.63. The van der Waals surface area contributed by atoms with Gasteiger partial charge in [0, 0.05) is 25.0 Å². The van der Waals surface area contributed by atoms with Crippen LogP contribution in [-0.2, 0) is 6.54 Å². The Balaban J connectivity index is 1.90. The minimum absolute atomic E-state index is 0.609. The highest BCUT2D eigenvalue weighted by Gasteiger charge is 2.25. The molecule has 1 aromatic rings. The topological polar surface area (TPSA) is 50.9 Å². The number of aryl methyl sites for hydroxylation is 1. The van der Waals surface area contributed by atoms with Gasteiger partial charge in [-0.25, -0.2) is 0 Å². The molecule has 1 aromatic heterocycles. The van der Waals surface area contributed by atoms with Gasteiger partial charge >= 0.3 is 0 Å². The van der Waals surface area contributed by atoms with Crippen LogP contribution >= 0.6 is 0 Å². The molecule has 1 heterocycles. The summed E-state index contributed by atoms with van der Waals surface area (Å²) in [4.78, 5) is 4.11. The van der Waals surface area contributed by atoms with E-state index in [-0.39, 0.29) is 0 Å². The van der Waals surface area contributed by atoms with Crippen molar-refractivity contribution in [3.05, 3.63) is 29.6 Å². The SMILES string of the molecule is Cc1cnccc1CNC1CCCC1CN. The average Bonchev–Trinajstić information content (AvgIpc) is 2.75. The molecule has 0 spiro atoms. The van der Waals surface area contributed by atoms with E-state index in [4.69, 9.17) is 5.73 Å². The van der Waals surface area contributed by atoms with Crippen molar-refractivity contribution in [2.24, 2.45) is 11.7 Å². The normalized spacial score (nSPS) is 24.9. The van der Waals surface area contributed by atoms with Gasteiger partial charge in [-0.3, -0.25) is 4.98 Å². The van der Waals surface area contributed by atoms with Crippen LogP contribution in [0.3, 0.4) is 0 Å². The van der Waals surface area contributed by atoms with E-state index in [9.17, 15) is 0 Å². The first-order valence-electron chi connectivity index (χ1n) is 6.14. The quantitative estimate of drug-likeness (QED) is 0.809. The maximum atomic E-state index is 5.77. The summed E-state index contributed by atoms with van der Waals surface area (Å²) in [6.45, 7) is 3.86. The molecule has 3 nitrogen and oxygen atoms in total. The third-order valence-electron chi connectivity index (χ3n) is 3.65. The molecule has 88 valence electrons. The molecule has 2 rings (SSSR count). The molecule has 3 heteroatoms. The Morgan fingerprint density at radius 2 is 2.38 bits per heavy atom. The van der Waals surface area contributed by atoms with E-state index in [1.54, 1.807) is 0 Å². The average molecular weight is 219 g/mol. The highest BCUT2D eigenvalue weighted by atomic mass is 14.9. The number of nitrogens with one attached hydrogen (secondary N) is 1. The molecule has 2 atom stereocenters. The number of nitrogens with two attached hydrogens (primary N) is 1. The van der Waals surface area contributed by atoms with E-state index in [2.05, 4.69) is 23.3 Å². The first-order valence-corrected chi connectivity index (χ1v) is 6.14. The van der Waals surface area contributed by atoms with Gasteiger partial charge in [0.2, 0.25) is 0 Å². The first kappa shape index (κ1) is 11.6. The number of hydrogen-bond donors (Lipinski definition) is 2. The minimum Gasteiger partial charge on any atom is -0.330 e. The van der Waals surface area contributed by atoms with Crippen LogP contribution in [0.15, 0.2) is 18.5 Å². The predicted molar refractivity (Wildman–Crippen MR) is 66.0 cm³/mol. The lowest BCUT2D eigenvalue weighted by Gasteiger charge is -2.20. The van der Waals surface area contributed by atoms with Gasteiger partial charge in [0.15, 0.2) is 0 Å². The van der Waals surface area contributed by atoms with Crippen LogP contribution in [0.4, 0.5) is 0 Å². The van der Waals surface area contributed by atoms with Crippen LogP contribution in [-0.4, -0.2) is 17.6 Å². The van der Waals surface area contributed by atoms with Crippen LogP contribution in [0.5, 0.6) is 0 Å². The molecule has 1 aliphatic carbocycles. The van der Waals surface area contributed by atoms with Crippen molar-refractivity contribution in [2.75, 3.05) is 6.54 Å². The Morgan fingerprint density at radius 1 is 1.50 bits per heavy atom. The van der Waals surface area contributed by atoms with E-state index in [1.165, 1.54) is 30.4 Å². The maximum absolute atomic E-state index is 5.77. The molecular weight excluding hydrogens is 198 g/mol. The van der Waals surface area contributed by atoms with Gasteiger partial charge in [-0.2, -0.15) is 0 Å². The molecule has 1 aliphatic rings. The Kier molecular flexibility index (Phi) is 3.91. The molecule has 0 aromatic carbocycles. The molecule has 0 aliphatic heterocycles. The van der Waals surface area contributed by atoms with Crippen LogP contribution < -0.4 is 11.1 Å². The number of hydrogen-bond acceptors (Lipinski definition) is 3. The van der Waals surface area contributed by atoms with Crippen molar-refractivity contribution in [2.45, 2.75) is 38.8 Å². The number of nitrogens with zero attached hydrogens (tertiary/aromatic N) is 1. The second kappa shape index (κ2) is 5.41. The van der Waals surface area contributed by atoms with E-state index in [0.717, 1.165) is 13.1 Å². The van der Waals surface area contributed by atoms with Crippen molar-refractivity contribution in [3.63, 3.8) is 0 Å². The standard InChI is InChI=1S/C13H21N3/c1-10-8-15-6-5-12(10)9-16-13-4-2-3-11(13)7-14/h5-6,8,11,13,16H,2-4,7,9,14H2,1H3. The Labute approximate surface area is 97.5 Å². The molecule has 0 saturated heterocycles. The maximum Gasteiger partial charge on any atom is 0.0300 e. The number of pyridine rings is 1. The predicted octanol–water partition coefficient (Wildman–Crippen LogP) is 1.61. The van der Waals surface area contributed by atoms with E-state index in [1.807, 2.05) is 12.4 Å². The van der Waals surface area contributed by atoms with Crippen LogP contribution in [0.2, 0.25) is 0 Å². The zero-order valence-corrected chi connectivity index (χ0v) is 9.95. The van der Waals surface area contributed by atoms with Gasteiger partial charge in [-0.05, 0) is 49.4 Å². The first-order chi connectivity index (χ1) is 7.81. The van der Waals surface area contributed by atoms with E-state index in [0.29, 0.717) is 12.0 Å². The smallest absolute Gasteiger partial charge is 0.0300 e. The van der Waals surface area contributed by atoms with Crippen molar-refractivity contribution < 1.29 is 0 Å². The summed E-state index contributed by atoms with van der Waals surface area (Å²) >= 11 is 0. The molecule has 0 bridgehead atoms. The van der Waals surface area contributed by atoms with Crippen molar-refractivity contribution >= 4 is 0 Å². The van der Waals surface area contributed by atoms with E-state index < -0.39 is 0 Å². The highest BCUT2D eigenvalue weighted by molar-refractivity contribution is 5.21. The Bertz CT molecular complexity index is 338. The second-order valence-corrected chi connectivity index (χ2v) is 4.72. The summed E-state index contributed by atoms with van der Waals surface area (Å²) in [7, 11) is 0. The third kappa shape index (κ3) is 2.60. The Morgan fingerprint density at radius 3 is 3.12 bits per heavy atom. The fourth-order valence-corrected chi connectivity index (χ4v) is 2.53. The van der Waals surface area contributed by atoms with Crippen molar-refractivity contribution in [1.82, 2.24) is 10.3 Å². The summed E-state index contributed by atoms with van der Waals surface area (Å²) in [6, 6.07) is 2.70. The zero-order chi connectivity index (χ0) is 11.4. The molecule has 0 radical (unpaired) electrons. The van der Waals surface area contributed by atoms with Gasteiger partial charge in [-0.15, -0.1) is 0 Å². The molecule has 1 saturated carbocycles. The van der Waals surface area contributed by atoms with Gasteiger partial charge in [-0.1, -0.05) is 6.42 Å². The summed E-state index contributed by atoms with van der Waals surface area (Å²) in [6.07, 6.45) is 7.65. The molecule has 16 heavy (non-hydrogen) atoms. The highest BCUT2D eigenvalue weighted by Crippen LogP contribution is 2.24. The Hall–Kier alpha value is -0.930. The molecule has 1 fully saturated rings. The minimum atomic E-state index is 0.609. The summed E-state index contributed by atoms with van der Waals surface area (Å²) in [5.74, 6) is 0.669.